The Kier molecular flexibility index (Phi) is 6.32. The predicted molar refractivity (Wildman–Crippen MR) is 123 cm³/mol. The maximum Gasteiger partial charge on any atom is 0.308 e. The molecule has 0 saturated heterocycles. The number of rotatable bonds is 5. The Labute approximate surface area is 193 Å². The van der Waals surface area contributed by atoms with Gasteiger partial charge in [0.2, 0.25) is 0 Å². The van der Waals surface area contributed by atoms with E-state index in [1.807, 2.05) is 37.3 Å². The number of carbonyl (C=O) groups is 2. The van der Waals surface area contributed by atoms with Crippen molar-refractivity contribution < 1.29 is 19.1 Å². The molecular formula is C27H26N2O4. The van der Waals surface area contributed by atoms with Crippen LogP contribution in [0, 0.1) is 17.2 Å². The smallest absolute Gasteiger partial charge is 0.308 e. The van der Waals surface area contributed by atoms with Crippen LogP contribution in [-0.2, 0) is 9.59 Å². The van der Waals surface area contributed by atoms with Crippen LogP contribution in [0.1, 0.15) is 49.7 Å². The third-order valence-corrected chi connectivity index (χ3v) is 6.13. The largest absolute Gasteiger partial charge is 0.490 e. The molecule has 1 N–H and O–H groups in total. The van der Waals surface area contributed by atoms with Crippen LogP contribution in [0.2, 0.25) is 0 Å². The van der Waals surface area contributed by atoms with Gasteiger partial charge in [0.15, 0.2) is 17.3 Å². The van der Waals surface area contributed by atoms with Gasteiger partial charge in [-0.3, -0.25) is 9.59 Å². The van der Waals surface area contributed by atoms with Crippen molar-refractivity contribution in [1.82, 2.24) is 5.32 Å². The lowest BCUT2D eigenvalue weighted by atomic mass is 9.69. The second kappa shape index (κ2) is 9.33. The number of carbonyl (C=O) groups excluding carboxylic acids is 2. The van der Waals surface area contributed by atoms with Crippen LogP contribution in [0.15, 0.2) is 72.1 Å². The monoisotopic (exact) mass is 442 g/mol. The van der Waals surface area contributed by atoms with E-state index in [1.165, 1.54) is 6.92 Å². The molecule has 4 rings (SSSR count). The van der Waals surface area contributed by atoms with Crippen molar-refractivity contribution in [2.45, 2.75) is 38.5 Å². The number of esters is 1. The van der Waals surface area contributed by atoms with Crippen LogP contribution >= 0.6 is 0 Å². The van der Waals surface area contributed by atoms with Crippen molar-refractivity contribution in [1.29, 1.82) is 5.26 Å². The second-order valence-corrected chi connectivity index (χ2v) is 8.30. The van der Waals surface area contributed by atoms with Crippen LogP contribution in [0.3, 0.4) is 0 Å². The van der Waals surface area contributed by atoms with E-state index < -0.39 is 17.8 Å². The molecule has 0 fully saturated rings. The number of ketones is 1. The minimum Gasteiger partial charge on any atom is -0.490 e. The SMILES string of the molecule is C=C1NC2=C(C(=O)CC(c3ccccc3)C2)C(c2ccc(OC(C)=O)c(OCC)c2)C1C#N. The molecular weight excluding hydrogens is 416 g/mol. The minimum atomic E-state index is -0.616. The van der Waals surface area contributed by atoms with Gasteiger partial charge in [-0.1, -0.05) is 43.0 Å². The summed E-state index contributed by atoms with van der Waals surface area (Å²) in [6.07, 6.45) is 1.05. The molecule has 6 heteroatoms. The van der Waals surface area contributed by atoms with E-state index in [9.17, 15) is 14.9 Å². The number of allylic oxidation sites excluding steroid dienone is 3. The molecule has 0 saturated carbocycles. The van der Waals surface area contributed by atoms with Crippen LogP contribution in [-0.4, -0.2) is 18.4 Å². The normalized spacial score (nSPS) is 22.2. The van der Waals surface area contributed by atoms with E-state index in [2.05, 4.69) is 18.0 Å². The van der Waals surface area contributed by atoms with E-state index in [-0.39, 0.29) is 11.7 Å². The fourth-order valence-electron chi connectivity index (χ4n) is 4.75. The Hall–Kier alpha value is -3.85. The van der Waals surface area contributed by atoms with Gasteiger partial charge in [0.1, 0.15) is 0 Å². The van der Waals surface area contributed by atoms with Gasteiger partial charge in [0.05, 0.1) is 18.6 Å². The lowest BCUT2D eigenvalue weighted by molar-refractivity contribution is -0.132. The zero-order chi connectivity index (χ0) is 23.5. The molecule has 1 heterocycles. The number of Topliss-reactive ketones (excluding diaryl/α,β-unsaturated/α-hetero) is 1. The van der Waals surface area contributed by atoms with E-state index in [4.69, 9.17) is 9.47 Å². The summed E-state index contributed by atoms with van der Waals surface area (Å²) in [6.45, 7) is 7.63. The summed E-state index contributed by atoms with van der Waals surface area (Å²) in [7, 11) is 0. The number of benzene rings is 2. The third kappa shape index (κ3) is 4.40. The van der Waals surface area contributed by atoms with Gasteiger partial charge < -0.3 is 14.8 Å². The lowest BCUT2D eigenvalue weighted by Gasteiger charge is -2.38. The molecule has 33 heavy (non-hydrogen) atoms. The van der Waals surface area contributed by atoms with E-state index >= 15 is 0 Å². The number of hydrogen-bond acceptors (Lipinski definition) is 6. The topological polar surface area (TPSA) is 88.4 Å². The first-order valence-corrected chi connectivity index (χ1v) is 11.0. The van der Waals surface area contributed by atoms with Gasteiger partial charge in [-0.2, -0.15) is 5.26 Å². The van der Waals surface area contributed by atoms with Crippen molar-refractivity contribution in [3.8, 4) is 17.6 Å². The highest BCUT2D eigenvalue weighted by Crippen LogP contribution is 2.47. The molecule has 0 amide bonds. The van der Waals surface area contributed by atoms with Gasteiger partial charge in [0.25, 0.3) is 0 Å². The summed E-state index contributed by atoms with van der Waals surface area (Å²) in [5.41, 5.74) is 3.90. The lowest BCUT2D eigenvalue weighted by Crippen LogP contribution is -2.38. The van der Waals surface area contributed by atoms with Crippen molar-refractivity contribution in [2.75, 3.05) is 6.61 Å². The molecule has 0 radical (unpaired) electrons. The summed E-state index contributed by atoms with van der Waals surface area (Å²) in [5.74, 6) is -0.738. The number of nitriles is 1. The Balaban J connectivity index is 1.78. The highest BCUT2D eigenvalue weighted by atomic mass is 16.6. The summed E-state index contributed by atoms with van der Waals surface area (Å²) in [5, 5.41) is 13.2. The quantitative estimate of drug-likeness (QED) is 0.531. The Morgan fingerprint density at radius 3 is 2.58 bits per heavy atom. The number of nitrogens with one attached hydrogen (secondary N) is 1. The summed E-state index contributed by atoms with van der Waals surface area (Å²) in [4.78, 5) is 24.9. The predicted octanol–water partition coefficient (Wildman–Crippen LogP) is 4.75. The summed E-state index contributed by atoms with van der Waals surface area (Å²) in [6, 6.07) is 17.5. The fraction of sp³-hybridized carbons (Fsp3) is 0.296. The van der Waals surface area contributed by atoms with Gasteiger partial charge >= 0.3 is 5.97 Å². The molecule has 2 aromatic rings. The summed E-state index contributed by atoms with van der Waals surface area (Å²) >= 11 is 0. The van der Waals surface area contributed by atoms with E-state index in [0.717, 1.165) is 16.8 Å². The maximum atomic E-state index is 13.4. The molecule has 0 bridgehead atoms. The van der Waals surface area contributed by atoms with E-state index in [1.54, 1.807) is 18.2 Å². The molecule has 1 aliphatic heterocycles. The first-order chi connectivity index (χ1) is 15.9. The molecule has 2 aliphatic rings. The highest BCUT2D eigenvalue weighted by molar-refractivity contribution is 5.99. The molecule has 1 aliphatic carbocycles. The van der Waals surface area contributed by atoms with E-state index in [0.29, 0.717) is 42.2 Å². The molecule has 6 nitrogen and oxygen atoms in total. The van der Waals surface area contributed by atoms with Crippen molar-refractivity contribution in [3.05, 3.63) is 83.2 Å². The summed E-state index contributed by atoms with van der Waals surface area (Å²) < 4.78 is 11.0. The Morgan fingerprint density at radius 2 is 1.91 bits per heavy atom. The average Bonchev–Trinajstić information content (AvgIpc) is 2.79. The van der Waals surface area contributed by atoms with Gasteiger partial charge in [0, 0.05) is 36.2 Å². The minimum absolute atomic E-state index is 0.0253. The zero-order valence-electron chi connectivity index (χ0n) is 18.8. The molecule has 3 atom stereocenters. The number of hydrogen-bond donors (Lipinski definition) is 1. The van der Waals surface area contributed by atoms with Crippen molar-refractivity contribution in [3.63, 3.8) is 0 Å². The molecule has 0 aromatic heterocycles. The molecule has 168 valence electrons. The van der Waals surface area contributed by atoms with Crippen molar-refractivity contribution >= 4 is 11.8 Å². The van der Waals surface area contributed by atoms with Crippen LogP contribution in [0.4, 0.5) is 0 Å². The number of ether oxygens (including phenoxy) is 2. The van der Waals surface area contributed by atoms with Crippen LogP contribution in [0.25, 0.3) is 0 Å². The molecule has 3 unspecified atom stereocenters. The van der Waals surface area contributed by atoms with Gasteiger partial charge in [-0.15, -0.1) is 0 Å². The van der Waals surface area contributed by atoms with Gasteiger partial charge in [-0.25, -0.2) is 0 Å². The fourth-order valence-corrected chi connectivity index (χ4v) is 4.75. The third-order valence-electron chi connectivity index (χ3n) is 6.13. The number of nitrogens with zero attached hydrogens (tertiary/aromatic N) is 1. The maximum absolute atomic E-state index is 13.4. The Morgan fingerprint density at radius 1 is 1.15 bits per heavy atom. The first-order valence-electron chi connectivity index (χ1n) is 11.0. The standard InChI is InChI=1S/C27H26N2O4/c1-4-32-25-14-19(10-11-24(25)33-17(3)30)26-21(15-28)16(2)29-22-12-20(13-23(31)27(22)26)18-8-6-5-7-9-18/h5-11,14,20-21,26,29H,2,4,12-13H2,1,3H3. The van der Waals surface area contributed by atoms with Crippen LogP contribution < -0.4 is 14.8 Å². The molecule has 0 spiro atoms. The first kappa shape index (κ1) is 22.3. The zero-order valence-corrected chi connectivity index (χ0v) is 18.8. The average molecular weight is 443 g/mol. The Bertz CT molecular complexity index is 1180. The second-order valence-electron chi connectivity index (χ2n) is 8.30. The van der Waals surface area contributed by atoms with Crippen molar-refractivity contribution in [2.24, 2.45) is 5.92 Å². The van der Waals surface area contributed by atoms with Crippen LogP contribution in [0.5, 0.6) is 11.5 Å². The van der Waals surface area contributed by atoms with Gasteiger partial charge in [-0.05, 0) is 42.5 Å². The molecule has 2 aromatic carbocycles. The highest BCUT2D eigenvalue weighted by Gasteiger charge is 2.42.